The van der Waals surface area contributed by atoms with E-state index in [2.05, 4.69) is 72.8 Å². The third-order valence-corrected chi connectivity index (χ3v) is 7.28. The summed E-state index contributed by atoms with van der Waals surface area (Å²) in [7, 11) is 0. The first-order chi connectivity index (χ1) is 13.8. The quantitative estimate of drug-likeness (QED) is 0.375. The monoisotopic (exact) mass is 358 g/mol. The Labute approximate surface area is 163 Å². The normalized spacial score (nSPS) is 25.9. The van der Waals surface area contributed by atoms with Gasteiger partial charge in [-0.05, 0) is 38.6 Å². The minimum Gasteiger partial charge on any atom is -0.294 e. The zero-order valence-corrected chi connectivity index (χ0v) is 15.3. The van der Waals surface area contributed by atoms with Crippen molar-refractivity contribution in [1.29, 1.82) is 0 Å². The standard InChI is InChI=1S/C27H18O/c28-27-20-12-6-5-11-19(20)25-23-17-9-3-4-10-18(17)24(26(25)27)22-14-16-8-2-1-7-15(16)13-21(22)23/h1-14,23-26H. The van der Waals surface area contributed by atoms with E-state index in [4.69, 9.17) is 0 Å². The lowest BCUT2D eigenvalue weighted by Gasteiger charge is -2.48. The van der Waals surface area contributed by atoms with Crippen molar-refractivity contribution in [3.8, 4) is 0 Å². The molecule has 0 saturated carbocycles. The highest BCUT2D eigenvalue weighted by atomic mass is 16.1. The van der Waals surface area contributed by atoms with E-state index in [0.717, 1.165) is 5.56 Å². The van der Waals surface area contributed by atoms with E-state index in [1.54, 1.807) is 0 Å². The van der Waals surface area contributed by atoms with Crippen LogP contribution in [0.1, 0.15) is 55.9 Å². The van der Waals surface area contributed by atoms with Gasteiger partial charge in [0.2, 0.25) is 0 Å². The van der Waals surface area contributed by atoms with E-state index in [0.29, 0.717) is 5.78 Å². The van der Waals surface area contributed by atoms with Crippen molar-refractivity contribution in [1.82, 2.24) is 0 Å². The molecule has 4 atom stereocenters. The Hall–Kier alpha value is -3.19. The first-order valence-corrected chi connectivity index (χ1v) is 10.1. The number of ketones is 1. The minimum absolute atomic E-state index is 0.0333. The van der Waals surface area contributed by atoms with Gasteiger partial charge in [0.1, 0.15) is 0 Å². The average Bonchev–Trinajstić information content (AvgIpc) is 3.06. The Kier molecular flexibility index (Phi) is 2.64. The lowest BCUT2D eigenvalue weighted by molar-refractivity contribution is 0.0892. The molecule has 132 valence electrons. The molecule has 0 amide bonds. The number of carbonyl (C=O) groups is 1. The van der Waals surface area contributed by atoms with Crippen LogP contribution in [-0.4, -0.2) is 5.78 Å². The Balaban J connectivity index is 1.60. The van der Waals surface area contributed by atoms with Gasteiger partial charge >= 0.3 is 0 Å². The largest absolute Gasteiger partial charge is 0.294 e. The zero-order chi connectivity index (χ0) is 18.4. The predicted octanol–water partition coefficient (Wildman–Crippen LogP) is 6.03. The highest BCUT2D eigenvalue weighted by Gasteiger charge is 2.56. The number of hydrogen-bond acceptors (Lipinski definition) is 1. The highest BCUT2D eigenvalue weighted by molar-refractivity contribution is 6.05. The molecule has 1 nitrogen and oxygen atoms in total. The van der Waals surface area contributed by atoms with Gasteiger partial charge < -0.3 is 0 Å². The molecule has 4 aliphatic carbocycles. The SMILES string of the molecule is O=C1c2ccccc2C2C3c4ccccc4C(c4cc5ccccc5cc43)C12. The molecule has 1 heteroatoms. The van der Waals surface area contributed by atoms with Crippen molar-refractivity contribution in [3.63, 3.8) is 0 Å². The van der Waals surface area contributed by atoms with E-state index in [1.165, 1.54) is 38.6 Å². The van der Waals surface area contributed by atoms with Gasteiger partial charge in [-0.2, -0.15) is 0 Å². The summed E-state index contributed by atoms with van der Waals surface area (Å²) in [5.41, 5.74) is 7.76. The van der Waals surface area contributed by atoms with Crippen LogP contribution >= 0.6 is 0 Å². The first-order valence-electron chi connectivity index (χ1n) is 10.1. The number of hydrogen-bond donors (Lipinski definition) is 0. The van der Waals surface area contributed by atoms with E-state index in [9.17, 15) is 4.79 Å². The lowest BCUT2D eigenvalue weighted by Crippen LogP contribution is -2.38. The molecular formula is C27H18O. The minimum atomic E-state index is 0.0333. The number of Topliss-reactive ketones (excluding diaryl/α,β-unsaturated/α-hetero) is 1. The van der Waals surface area contributed by atoms with Crippen molar-refractivity contribution in [2.24, 2.45) is 5.92 Å². The second kappa shape index (κ2) is 4.99. The average molecular weight is 358 g/mol. The van der Waals surface area contributed by atoms with Crippen LogP contribution in [0.4, 0.5) is 0 Å². The molecule has 4 aromatic rings. The molecular weight excluding hydrogens is 340 g/mol. The van der Waals surface area contributed by atoms with Crippen LogP contribution in [0.15, 0.2) is 84.9 Å². The predicted molar refractivity (Wildman–Crippen MR) is 111 cm³/mol. The maximum atomic E-state index is 13.5. The van der Waals surface area contributed by atoms with Crippen LogP contribution in [-0.2, 0) is 0 Å². The van der Waals surface area contributed by atoms with Crippen LogP contribution in [0.2, 0.25) is 0 Å². The van der Waals surface area contributed by atoms with Crippen LogP contribution in [0.3, 0.4) is 0 Å². The van der Waals surface area contributed by atoms with E-state index >= 15 is 0 Å². The molecule has 0 heterocycles. The Morgan fingerprint density at radius 3 is 1.64 bits per heavy atom. The summed E-state index contributed by atoms with van der Waals surface area (Å²) in [6.07, 6.45) is 0. The Bertz CT molecular complexity index is 1310. The summed E-state index contributed by atoms with van der Waals surface area (Å²) in [6, 6.07) is 30.5. The van der Waals surface area contributed by atoms with Gasteiger partial charge in [-0.1, -0.05) is 84.9 Å². The molecule has 8 rings (SSSR count). The molecule has 0 aliphatic heterocycles. The molecule has 0 aromatic heterocycles. The molecule has 0 saturated heterocycles. The molecule has 4 aliphatic rings. The summed E-state index contributed by atoms with van der Waals surface area (Å²) in [4.78, 5) is 13.5. The number of carbonyl (C=O) groups excluding carboxylic acids is 1. The van der Waals surface area contributed by atoms with Gasteiger partial charge in [0.05, 0.1) is 0 Å². The highest BCUT2D eigenvalue weighted by Crippen LogP contribution is 2.65. The number of benzene rings is 4. The fraction of sp³-hybridized carbons (Fsp3) is 0.148. The third kappa shape index (κ3) is 1.62. The summed E-state index contributed by atoms with van der Waals surface area (Å²) < 4.78 is 0. The molecule has 0 N–H and O–H groups in total. The molecule has 4 unspecified atom stereocenters. The van der Waals surface area contributed by atoms with Crippen molar-refractivity contribution < 1.29 is 4.79 Å². The summed E-state index contributed by atoms with van der Waals surface area (Å²) in [5, 5.41) is 2.56. The Morgan fingerprint density at radius 2 is 1.00 bits per heavy atom. The van der Waals surface area contributed by atoms with Gasteiger partial charge in [-0.3, -0.25) is 4.79 Å². The van der Waals surface area contributed by atoms with E-state index in [-0.39, 0.29) is 23.7 Å². The zero-order valence-electron chi connectivity index (χ0n) is 15.3. The van der Waals surface area contributed by atoms with Crippen LogP contribution in [0.5, 0.6) is 0 Å². The fourth-order valence-electron chi connectivity index (χ4n) is 6.29. The second-order valence-electron chi connectivity index (χ2n) is 8.42. The molecule has 28 heavy (non-hydrogen) atoms. The fourth-order valence-corrected chi connectivity index (χ4v) is 6.29. The van der Waals surface area contributed by atoms with Gasteiger partial charge in [0.25, 0.3) is 0 Å². The molecule has 0 fully saturated rings. The van der Waals surface area contributed by atoms with Gasteiger partial charge in [0.15, 0.2) is 5.78 Å². The molecule has 4 aromatic carbocycles. The Morgan fingerprint density at radius 1 is 0.500 bits per heavy atom. The van der Waals surface area contributed by atoms with Gasteiger partial charge in [0, 0.05) is 29.2 Å². The van der Waals surface area contributed by atoms with Crippen molar-refractivity contribution in [2.45, 2.75) is 17.8 Å². The number of rotatable bonds is 0. The summed E-state index contributed by atoms with van der Waals surface area (Å²) >= 11 is 0. The van der Waals surface area contributed by atoms with E-state index in [1.807, 2.05) is 12.1 Å². The van der Waals surface area contributed by atoms with Crippen LogP contribution < -0.4 is 0 Å². The second-order valence-corrected chi connectivity index (χ2v) is 8.42. The molecule has 0 radical (unpaired) electrons. The molecule has 2 bridgehead atoms. The van der Waals surface area contributed by atoms with Crippen molar-refractivity contribution in [3.05, 3.63) is 118 Å². The third-order valence-electron chi connectivity index (χ3n) is 7.28. The molecule has 0 spiro atoms. The smallest absolute Gasteiger partial charge is 0.167 e. The van der Waals surface area contributed by atoms with Crippen molar-refractivity contribution >= 4 is 16.6 Å². The van der Waals surface area contributed by atoms with Crippen LogP contribution in [0, 0.1) is 5.92 Å². The van der Waals surface area contributed by atoms with Crippen molar-refractivity contribution in [2.75, 3.05) is 0 Å². The summed E-state index contributed by atoms with van der Waals surface area (Å²) in [6.45, 7) is 0. The summed E-state index contributed by atoms with van der Waals surface area (Å²) in [5.74, 6) is 1.05. The first kappa shape index (κ1) is 14.8. The van der Waals surface area contributed by atoms with E-state index < -0.39 is 0 Å². The topological polar surface area (TPSA) is 17.1 Å². The van der Waals surface area contributed by atoms with Gasteiger partial charge in [-0.25, -0.2) is 0 Å². The number of fused-ring (bicyclic) bond motifs is 2. The van der Waals surface area contributed by atoms with Gasteiger partial charge in [-0.15, -0.1) is 0 Å². The maximum absolute atomic E-state index is 13.5. The maximum Gasteiger partial charge on any atom is 0.167 e. The lowest BCUT2D eigenvalue weighted by atomic mass is 9.54. The van der Waals surface area contributed by atoms with Crippen LogP contribution in [0.25, 0.3) is 10.8 Å².